The monoisotopic (exact) mass is 291 g/mol. The number of aryl methyl sites for hydroxylation is 2. The average Bonchev–Trinajstić information content (AvgIpc) is 2.73. The van der Waals surface area contributed by atoms with Gasteiger partial charge in [0.2, 0.25) is 0 Å². The average molecular weight is 292 g/mol. The molecule has 0 unspecified atom stereocenters. The molecule has 0 aliphatic heterocycles. The molecule has 0 spiro atoms. The van der Waals surface area contributed by atoms with E-state index in [1.807, 2.05) is 32.0 Å². The van der Waals surface area contributed by atoms with Crippen molar-refractivity contribution >= 4 is 34.2 Å². The van der Waals surface area contributed by atoms with Gasteiger partial charge in [-0.25, -0.2) is 4.98 Å². The normalized spacial score (nSPS) is 11.2. The Balaban J connectivity index is 2.31. The number of nitrogens with one attached hydrogen (secondary N) is 1. The van der Waals surface area contributed by atoms with Crippen LogP contribution in [0.3, 0.4) is 0 Å². The predicted molar refractivity (Wildman–Crippen MR) is 78.8 cm³/mol. The van der Waals surface area contributed by atoms with Gasteiger partial charge in [0.1, 0.15) is 11.0 Å². The molecule has 0 atom stereocenters. The molecule has 0 aliphatic carbocycles. The van der Waals surface area contributed by atoms with Crippen molar-refractivity contribution < 1.29 is 0 Å². The number of rotatable bonds is 1. The molecule has 1 N–H and O–H groups in total. The van der Waals surface area contributed by atoms with Gasteiger partial charge in [0.25, 0.3) is 0 Å². The fourth-order valence-corrected chi connectivity index (χ4v) is 2.70. The van der Waals surface area contributed by atoms with Crippen molar-refractivity contribution in [1.29, 1.82) is 0 Å². The zero-order valence-electron chi connectivity index (χ0n) is 10.5. The Bertz CT molecular complexity index is 778. The number of hydrogen-bond acceptors (Lipinski definition) is 2. The first-order valence-corrected chi connectivity index (χ1v) is 6.59. The van der Waals surface area contributed by atoms with Crippen molar-refractivity contribution in [3.63, 3.8) is 0 Å². The Morgan fingerprint density at radius 3 is 2.53 bits per heavy atom. The van der Waals surface area contributed by atoms with Gasteiger partial charge in [0, 0.05) is 11.3 Å². The lowest BCUT2D eigenvalue weighted by molar-refractivity contribution is 1.12. The van der Waals surface area contributed by atoms with E-state index in [-0.39, 0.29) is 0 Å². The number of benzene rings is 1. The van der Waals surface area contributed by atoms with Crippen LogP contribution in [0.25, 0.3) is 22.3 Å². The number of halogens is 2. The Hall–Kier alpha value is -1.58. The molecule has 19 heavy (non-hydrogen) atoms. The minimum atomic E-state index is 0.591. The number of aromatic amines is 1. The summed E-state index contributed by atoms with van der Waals surface area (Å²) in [7, 11) is 0. The summed E-state index contributed by atoms with van der Waals surface area (Å²) in [6.45, 7) is 3.90. The van der Waals surface area contributed by atoms with Crippen LogP contribution in [0.5, 0.6) is 0 Å². The molecule has 3 nitrogen and oxygen atoms in total. The highest BCUT2D eigenvalue weighted by Gasteiger charge is 2.14. The zero-order valence-corrected chi connectivity index (χ0v) is 12.0. The van der Waals surface area contributed by atoms with Gasteiger partial charge in [-0.15, -0.1) is 0 Å². The standard InChI is InChI=1S/C14H11Cl2N3/c1-7-3-4-9(10(15)5-7)12-14-13(19-18-12)11(16)6-8(2)17-14/h3-6H,1-2H3,(H,18,19). The van der Waals surface area contributed by atoms with Crippen LogP contribution in [0.4, 0.5) is 0 Å². The number of hydrogen-bond donors (Lipinski definition) is 1. The maximum Gasteiger partial charge on any atom is 0.130 e. The van der Waals surface area contributed by atoms with E-state index >= 15 is 0 Å². The van der Waals surface area contributed by atoms with Gasteiger partial charge in [-0.2, -0.15) is 5.10 Å². The molecule has 3 aromatic rings. The molecule has 2 heterocycles. The first kappa shape index (κ1) is 12.5. The van der Waals surface area contributed by atoms with E-state index in [1.165, 1.54) is 0 Å². The van der Waals surface area contributed by atoms with Crippen LogP contribution < -0.4 is 0 Å². The van der Waals surface area contributed by atoms with Crippen molar-refractivity contribution in [1.82, 2.24) is 15.2 Å². The summed E-state index contributed by atoms with van der Waals surface area (Å²) < 4.78 is 0. The molecule has 0 radical (unpaired) electrons. The summed E-state index contributed by atoms with van der Waals surface area (Å²) in [6.07, 6.45) is 0. The first-order chi connectivity index (χ1) is 9.06. The largest absolute Gasteiger partial charge is 0.275 e. The van der Waals surface area contributed by atoms with Gasteiger partial charge >= 0.3 is 0 Å². The smallest absolute Gasteiger partial charge is 0.130 e. The minimum absolute atomic E-state index is 0.591. The van der Waals surface area contributed by atoms with Crippen molar-refractivity contribution in [2.24, 2.45) is 0 Å². The molecule has 96 valence electrons. The molecule has 5 heteroatoms. The van der Waals surface area contributed by atoms with Crippen LogP contribution >= 0.6 is 23.2 Å². The van der Waals surface area contributed by atoms with Crippen LogP contribution in [-0.2, 0) is 0 Å². The summed E-state index contributed by atoms with van der Waals surface area (Å²) in [4.78, 5) is 4.50. The summed E-state index contributed by atoms with van der Waals surface area (Å²) in [5.41, 5.74) is 5.05. The van der Waals surface area contributed by atoms with Crippen molar-refractivity contribution in [2.45, 2.75) is 13.8 Å². The van der Waals surface area contributed by atoms with Crippen LogP contribution in [0, 0.1) is 13.8 Å². The molecule has 3 rings (SSSR count). The molecule has 2 aromatic heterocycles. The highest BCUT2D eigenvalue weighted by atomic mass is 35.5. The molecular weight excluding hydrogens is 281 g/mol. The van der Waals surface area contributed by atoms with E-state index in [1.54, 1.807) is 6.07 Å². The lowest BCUT2D eigenvalue weighted by Crippen LogP contribution is -1.86. The third kappa shape index (κ3) is 2.09. The third-order valence-corrected chi connectivity index (χ3v) is 3.59. The fraction of sp³-hybridized carbons (Fsp3) is 0.143. The van der Waals surface area contributed by atoms with Gasteiger partial charge in [0.05, 0.1) is 15.7 Å². The Kier molecular flexibility index (Phi) is 2.96. The predicted octanol–water partition coefficient (Wildman–Crippen LogP) is 4.55. The first-order valence-electron chi connectivity index (χ1n) is 5.84. The summed E-state index contributed by atoms with van der Waals surface area (Å²) in [5, 5.41) is 8.46. The summed E-state index contributed by atoms with van der Waals surface area (Å²) in [5.74, 6) is 0. The van der Waals surface area contributed by atoms with Gasteiger partial charge in [-0.05, 0) is 31.5 Å². The van der Waals surface area contributed by atoms with Crippen molar-refractivity contribution in [3.8, 4) is 11.3 Å². The second-order valence-electron chi connectivity index (χ2n) is 4.52. The van der Waals surface area contributed by atoms with E-state index in [4.69, 9.17) is 23.2 Å². The molecule has 1 aromatic carbocycles. The van der Waals surface area contributed by atoms with E-state index < -0.39 is 0 Å². The van der Waals surface area contributed by atoms with Gasteiger partial charge < -0.3 is 0 Å². The quantitative estimate of drug-likeness (QED) is 0.715. The Morgan fingerprint density at radius 2 is 1.79 bits per heavy atom. The third-order valence-electron chi connectivity index (χ3n) is 2.98. The maximum absolute atomic E-state index is 6.29. The lowest BCUT2D eigenvalue weighted by Gasteiger charge is -2.03. The van der Waals surface area contributed by atoms with Gasteiger partial charge in [0.15, 0.2) is 0 Å². The van der Waals surface area contributed by atoms with Crippen LogP contribution in [0.15, 0.2) is 24.3 Å². The van der Waals surface area contributed by atoms with Gasteiger partial charge in [-0.1, -0.05) is 35.3 Å². The molecule has 0 saturated heterocycles. The van der Waals surface area contributed by atoms with E-state index in [0.29, 0.717) is 15.6 Å². The van der Waals surface area contributed by atoms with Crippen molar-refractivity contribution in [2.75, 3.05) is 0 Å². The Labute approximate surface area is 120 Å². The summed E-state index contributed by atoms with van der Waals surface area (Å²) in [6, 6.07) is 7.68. The molecule has 0 fully saturated rings. The Morgan fingerprint density at radius 1 is 1.00 bits per heavy atom. The van der Waals surface area contributed by atoms with Crippen LogP contribution in [0.2, 0.25) is 10.0 Å². The van der Waals surface area contributed by atoms with E-state index in [9.17, 15) is 0 Å². The number of pyridine rings is 1. The van der Waals surface area contributed by atoms with Crippen LogP contribution in [-0.4, -0.2) is 15.2 Å². The number of nitrogens with zero attached hydrogens (tertiary/aromatic N) is 2. The lowest BCUT2D eigenvalue weighted by atomic mass is 10.1. The topological polar surface area (TPSA) is 41.6 Å². The van der Waals surface area contributed by atoms with Crippen molar-refractivity contribution in [3.05, 3.63) is 45.6 Å². The molecule has 0 aliphatic rings. The van der Waals surface area contributed by atoms with E-state index in [2.05, 4.69) is 15.2 Å². The second kappa shape index (κ2) is 4.51. The van der Waals surface area contributed by atoms with Crippen LogP contribution in [0.1, 0.15) is 11.3 Å². The SMILES string of the molecule is Cc1ccc(-c2[nH]nc3c(Cl)cc(C)nc23)c(Cl)c1. The molecule has 0 bridgehead atoms. The fourth-order valence-electron chi connectivity index (χ4n) is 2.08. The number of fused-ring (bicyclic) bond motifs is 1. The molecular formula is C14H11Cl2N3. The number of aromatic nitrogens is 3. The summed E-state index contributed by atoms with van der Waals surface area (Å²) >= 11 is 12.5. The highest BCUT2D eigenvalue weighted by Crippen LogP contribution is 2.33. The second-order valence-corrected chi connectivity index (χ2v) is 5.34. The molecule has 0 saturated carbocycles. The van der Waals surface area contributed by atoms with E-state index in [0.717, 1.165) is 28.0 Å². The maximum atomic E-state index is 6.29. The zero-order chi connectivity index (χ0) is 13.6. The minimum Gasteiger partial charge on any atom is -0.275 e. The number of H-pyrrole nitrogens is 1. The molecule has 0 amide bonds. The van der Waals surface area contributed by atoms with Gasteiger partial charge in [-0.3, -0.25) is 5.10 Å². The highest BCUT2D eigenvalue weighted by molar-refractivity contribution is 6.36.